The maximum Gasteiger partial charge on any atom is 0.329 e. The van der Waals surface area contributed by atoms with Crippen LogP contribution >= 0.6 is 12.6 Å². The predicted molar refractivity (Wildman–Crippen MR) is 79.8 cm³/mol. The van der Waals surface area contributed by atoms with Crippen LogP contribution in [0.25, 0.3) is 6.08 Å². The Morgan fingerprint density at radius 3 is 2.45 bits per heavy atom. The number of ether oxygens (including phenoxy) is 2. The van der Waals surface area contributed by atoms with Gasteiger partial charge in [-0.25, -0.2) is 4.79 Å². The van der Waals surface area contributed by atoms with Crippen LogP contribution in [0.1, 0.15) is 5.56 Å². The molecule has 0 radical (unpaired) electrons. The summed E-state index contributed by atoms with van der Waals surface area (Å²) in [5.41, 5.74) is 0.849. The molecule has 0 unspecified atom stereocenters. The van der Waals surface area contributed by atoms with Gasteiger partial charge in [0.1, 0.15) is 11.8 Å². The van der Waals surface area contributed by atoms with Crippen LogP contribution in [0.2, 0.25) is 0 Å². The van der Waals surface area contributed by atoms with Crippen molar-refractivity contribution >= 4 is 30.6 Å². The van der Waals surface area contributed by atoms with Gasteiger partial charge in [-0.3, -0.25) is 4.79 Å². The molecule has 1 amide bonds. The topological polar surface area (TPSA) is 64.6 Å². The van der Waals surface area contributed by atoms with Gasteiger partial charge < -0.3 is 14.8 Å². The Labute approximate surface area is 123 Å². The number of rotatable bonds is 6. The van der Waals surface area contributed by atoms with Crippen LogP contribution in [-0.4, -0.2) is 37.9 Å². The number of carbonyl (C=O) groups excluding carboxylic acids is 2. The lowest BCUT2D eigenvalue weighted by Crippen LogP contribution is -2.42. The zero-order valence-corrected chi connectivity index (χ0v) is 12.2. The molecule has 6 heteroatoms. The van der Waals surface area contributed by atoms with Crippen molar-refractivity contribution in [1.29, 1.82) is 0 Å². The first-order valence-corrected chi connectivity index (χ1v) is 6.55. The Bertz CT molecular complexity index is 484. The Kier molecular flexibility index (Phi) is 6.66. The molecule has 0 bridgehead atoms. The summed E-state index contributed by atoms with van der Waals surface area (Å²) in [4.78, 5) is 23.0. The molecule has 1 aromatic rings. The summed E-state index contributed by atoms with van der Waals surface area (Å²) >= 11 is 3.99. The molecule has 1 atom stereocenters. The van der Waals surface area contributed by atoms with E-state index in [1.165, 1.54) is 13.2 Å². The number of carbonyl (C=O) groups is 2. The number of thiol groups is 1. The van der Waals surface area contributed by atoms with Gasteiger partial charge in [0.25, 0.3) is 0 Å². The quantitative estimate of drug-likeness (QED) is 0.472. The van der Waals surface area contributed by atoms with Gasteiger partial charge in [0.2, 0.25) is 5.91 Å². The molecule has 0 heterocycles. The number of amides is 1. The normalized spacial score (nSPS) is 11.9. The molecule has 0 saturated heterocycles. The number of hydrogen-bond donors (Lipinski definition) is 2. The fourth-order valence-electron chi connectivity index (χ4n) is 1.43. The van der Waals surface area contributed by atoms with E-state index in [2.05, 4.69) is 22.7 Å². The highest BCUT2D eigenvalue weighted by atomic mass is 32.1. The summed E-state index contributed by atoms with van der Waals surface area (Å²) in [6, 6.07) is 6.47. The third kappa shape index (κ3) is 4.97. The summed E-state index contributed by atoms with van der Waals surface area (Å²) in [6.45, 7) is 0. The van der Waals surface area contributed by atoms with Crippen molar-refractivity contribution < 1.29 is 19.1 Å². The second-order valence-corrected chi connectivity index (χ2v) is 4.24. The van der Waals surface area contributed by atoms with Crippen molar-refractivity contribution in [3.05, 3.63) is 35.9 Å². The highest BCUT2D eigenvalue weighted by Gasteiger charge is 2.18. The fourth-order valence-corrected chi connectivity index (χ4v) is 1.67. The minimum atomic E-state index is -0.753. The van der Waals surface area contributed by atoms with Crippen LogP contribution in [0.4, 0.5) is 0 Å². The molecular weight excluding hydrogens is 278 g/mol. The molecule has 0 spiro atoms. The molecule has 5 nitrogen and oxygen atoms in total. The molecule has 108 valence electrons. The summed E-state index contributed by atoms with van der Waals surface area (Å²) in [6.07, 6.45) is 2.99. The van der Waals surface area contributed by atoms with E-state index in [-0.39, 0.29) is 11.7 Å². The van der Waals surface area contributed by atoms with Gasteiger partial charge in [-0.1, -0.05) is 12.1 Å². The zero-order chi connectivity index (χ0) is 15.0. The minimum Gasteiger partial charge on any atom is -0.497 e. The number of methoxy groups -OCH3 is 2. The van der Waals surface area contributed by atoms with E-state index in [4.69, 9.17) is 4.74 Å². The van der Waals surface area contributed by atoms with Gasteiger partial charge in [-0.2, -0.15) is 12.6 Å². The Morgan fingerprint density at radius 1 is 1.30 bits per heavy atom. The van der Waals surface area contributed by atoms with Gasteiger partial charge in [0, 0.05) is 11.8 Å². The van der Waals surface area contributed by atoms with Crippen LogP contribution in [-0.2, 0) is 14.3 Å². The first-order chi connectivity index (χ1) is 9.60. The second kappa shape index (κ2) is 8.27. The summed E-state index contributed by atoms with van der Waals surface area (Å²) < 4.78 is 9.59. The Balaban J connectivity index is 2.60. The molecule has 20 heavy (non-hydrogen) atoms. The Hall–Kier alpha value is -1.95. The van der Waals surface area contributed by atoms with Crippen molar-refractivity contribution in [2.75, 3.05) is 20.0 Å². The summed E-state index contributed by atoms with van der Waals surface area (Å²) in [7, 11) is 2.85. The average molecular weight is 295 g/mol. The monoisotopic (exact) mass is 295 g/mol. The van der Waals surface area contributed by atoms with E-state index in [1.807, 2.05) is 12.1 Å². The van der Waals surface area contributed by atoms with E-state index < -0.39 is 12.0 Å². The molecule has 1 rings (SSSR count). The number of esters is 1. The first-order valence-electron chi connectivity index (χ1n) is 5.92. The van der Waals surface area contributed by atoms with Crippen molar-refractivity contribution in [2.45, 2.75) is 6.04 Å². The first kappa shape index (κ1) is 16.1. The SMILES string of the molecule is COC(=O)[C@H](CS)NC(=O)C=Cc1ccc(OC)cc1. The Morgan fingerprint density at radius 2 is 1.95 bits per heavy atom. The number of nitrogens with one attached hydrogen (secondary N) is 1. The highest BCUT2D eigenvalue weighted by Crippen LogP contribution is 2.12. The van der Waals surface area contributed by atoms with Crippen LogP contribution < -0.4 is 10.1 Å². The maximum atomic E-state index is 11.7. The minimum absolute atomic E-state index is 0.175. The molecule has 1 aromatic carbocycles. The summed E-state index contributed by atoms with van der Waals surface area (Å²) in [5.74, 6) is 0.0123. The van der Waals surface area contributed by atoms with Crippen molar-refractivity contribution in [1.82, 2.24) is 5.32 Å². The lowest BCUT2D eigenvalue weighted by molar-refractivity contribution is -0.143. The average Bonchev–Trinajstić information content (AvgIpc) is 2.50. The molecule has 0 aliphatic heterocycles. The number of hydrogen-bond acceptors (Lipinski definition) is 5. The third-order valence-electron chi connectivity index (χ3n) is 2.53. The van der Waals surface area contributed by atoms with Crippen molar-refractivity contribution in [3.63, 3.8) is 0 Å². The standard InChI is InChI=1S/C14H17NO4S/c1-18-11-6-3-10(4-7-11)5-8-13(16)15-12(9-20)14(17)19-2/h3-8,12,20H,9H2,1-2H3,(H,15,16)/t12-/m0/s1. The molecule has 0 aliphatic rings. The van der Waals surface area contributed by atoms with Crippen LogP contribution in [0, 0.1) is 0 Å². The van der Waals surface area contributed by atoms with Gasteiger partial charge in [0.05, 0.1) is 14.2 Å². The summed E-state index contributed by atoms with van der Waals surface area (Å²) in [5, 5.41) is 2.51. The van der Waals surface area contributed by atoms with Crippen molar-refractivity contribution in [2.24, 2.45) is 0 Å². The van der Waals surface area contributed by atoms with E-state index >= 15 is 0 Å². The van der Waals surface area contributed by atoms with Gasteiger partial charge in [-0.15, -0.1) is 0 Å². The van der Waals surface area contributed by atoms with E-state index in [9.17, 15) is 9.59 Å². The smallest absolute Gasteiger partial charge is 0.329 e. The molecular formula is C14H17NO4S. The predicted octanol–water partition coefficient (Wildman–Crippen LogP) is 1.30. The van der Waals surface area contributed by atoms with Crippen LogP contribution in [0.5, 0.6) is 5.75 Å². The molecule has 1 N–H and O–H groups in total. The van der Waals surface area contributed by atoms with Crippen LogP contribution in [0.3, 0.4) is 0 Å². The second-order valence-electron chi connectivity index (χ2n) is 3.87. The van der Waals surface area contributed by atoms with Crippen LogP contribution in [0.15, 0.2) is 30.3 Å². The molecule has 0 aliphatic carbocycles. The maximum absolute atomic E-state index is 11.7. The number of benzene rings is 1. The van der Waals surface area contributed by atoms with E-state index in [0.717, 1.165) is 11.3 Å². The lowest BCUT2D eigenvalue weighted by atomic mass is 10.2. The van der Waals surface area contributed by atoms with Crippen molar-refractivity contribution in [3.8, 4) is 5.75 Å². The van der Waals surface area contributed by atoms with E-state index in [1.54, 1.807) is 25.3 Å². The van der Waals surface area contributed by atoms with Gasteiger partial charge in [-0.05, 0) is 23.8 Å². The van der Waals surface area contributed by atoms with Gasteiger partial charge >= 0.3 is 5.97 Å². The third-order valence-corrected chi connectivity index (χ3v) is 2.89. The zero-order valence-electron chi connectivity index (χ0n) is 11.3. The molecule has 0 saturated carbocycles. The fraction of sp³-hybridized carbons (Fsp3) is 0.286. The highest BCUT2D eigenvalue weighted by molar-refractivity contribution is 7.80. The van der Waals surface area contributed by atoms with E-state index in [0.29, 0.717) is 0 Å². The lowest BCUT2D eigenvalue weighted by Gasteiger charge is -2.12. The molecule has 0 fully saturated rings. The largest absolute Gasteiger partial charge is 0.497 e. The molecule has 0 aromatic heterocycles. The van der Waals surface area contributed by atoms with Gasteiger partial charge in [0.15, 0.2) is 0 Å².